The molecule has 1 amide bonds. The van der Waals surface area contributed by atoms with Gasteiger partial charge in [-0.1, -0.05) is 24.3 Å². The second-order valence-electron chi connectivity index (χ2n) is 6.14. The van der Waals surface area contributed by atoms with E-state index in [1.807, 2.05) is 50.2 Å². The lowest BCUT2D eigenvalue weighted by molar-refractivity contribution is 0.0935. The van der Waals surface area contributed by atoms with E-state index in [-0.39, 0.29) is 11.5 Å². The summed E-state index contributed by atoms with van der Waals surface area (Å²) in [6, 6.07) is 13.2. The molecule has 3 aromatic rings. The van der Waals surface area contributed by atoms with Gasteiger partial charge in [0.1, 0.15) is 6.17 Å². The van der Waals surface area contributed by atoms with Crippen LogP contribution >= 0.6 is 0 Å². The zero-order valence-electron chi connectivity index (χ0n) is 13.4. The minimum atomic E-state index is -0.555. The van der Waals surface area contributed by atoms with Crippen molar-refractivity contribution in [3.05, 3.63) is 75.1 Å². The number of anilines is 1. The van der Waals surface area contributed by atoms with E-state index >= 15 is 0 Å². The van der Waals surface area contributed by atoms with Crippen molar-refractivity contribution in [1.29, 1.82) is 0 Å². The average molecular weight is 319 g/mol. The molecule has 0 radical (unpaired) electrons. The number of fused-ring (bicyclic) bond motifs is 2. The highest BCUT2D eigenvalue weighted by molar-refractivity contribution is 6.01. The molecule has 0 fully saturated rings. The maximum Gasteiger partial charge on any atom is 0.255 e. The molecule has 1 aliphatic rings. The van der Waals surface area contributed by atoms with Crippen LogP contribution in [-0.4, -0.2) is 10.9 Å². The van der Waals surface area contributed by atoms with Gasteiger partial charge in [0, 0.05) is 11.1 Å². The van der Waals surface area contributed by atoms with Gasteiger partial charge in [-0.2, -0.15) is 0 Å². The third-order valence-electron chi connectivity index (χ3n) is 4.53. The fourth-order valence-corrected chi connectivity index (χ4v) is 3.17. The first-order chi connectivity index (χ1) is 11.5. The van der Waals surface area contributed by atoms with Crippen LogP contribution in [0.15, 0.2) is 47.3 Å². The summed E-state index contributed by atoms with van der Waals surface area (Å²) >= 11 is 0. The quantitative estimate of drug-likeness (QED) is 0.645. The molecule has 5 heteroatoms. The van der Waals surface area contributed by atoms with Gasteiger partial charge < -0.3 is 15.6 Å². The van der Waals surface area contributed by atoms with Crippen LogP contribution in [0, 0.1) is 13.8 Å². The highest BCUT2D eigenvalue weighted by Crippen LogP contribution is 2.27. The monoisotopic (exact) mass is 319 g/mol. The number of benzene rings is 2. The van der Waals surface area contributed by atoms with Crippen LogP contribution in [0.1, 0.15) is 33.2 Å². The number of nitrogens with one attached hydrogen (secondary N) is 3. The molecular weight excluding hydrogens is 302 g/mol. The van der Waals surface area contributed by atoms with Gasteiger partial charge in [-0.05, 0) is 43.2 Å². The number of pyridine rings is 1. The van der Waals surface area contributed by atoms with Crippen molar-refractivity contribution in [1.82, 2.24) is 10.3 Å². The molecule has 4 rings (SSSR count). The maximum absolute atomic E-state index is 12.6. The Bertz CT molecular complexity index is 1040. The van der Waals surface area contributed by atoms with Crippen LogP contribution in [0.4, 0.5) is 5.69 Å². The predicted molar refractivity (Wildman–Crippen MR) is 94.3 cm³/mol. The molecule has 3 N–H and O–H groups in total. The lowest BCUT2D eigenvalue weighted by atomic mass is 10.0. The number of H-pyrrole nitrogens is 1. The summed E-state index contributed by atoms with van der Waals surface area (Å²) in [7, 11) is 0. The Morgan fingerprint density at radius 1 is 0.917 bits per heavy atom. The summed E-state index contributed by atoms with van der Waals surface area (Å²) in [6.45, 7) is 3.97. The molecule has 5 nitrogen and oxygen atoms in total. The SMILES string of the molecule is Cc1ccc(C)c2[nH]c(=O)c([C@@H]3NC(=O)c4ccccc4N3)cc12. The molecule has 2 aromatic carbocycles. The van der Waals surface area contributed by atoms with E-state index < -0.39 is 6.17 Å². The van der Waals surface area contributed by atoms with Crippen LogP contribution in [0.3, 0.4) is 0 Å². The van der Waals surface area contributed by atoms with E-state index in [2.05, 4.69) is 15.6 Å². The number of para-hydroxylation sites is 1. The number of aryl methyl sites for hydroxylation is 2. The van der Waals surface area contributed by atoms with Crippen LogP contribution in [0.5, 0.6) is 0 Å². The fourth-order valence-electron chi connectivity index (χ4n) is 3.17. The molecule has 24 heavy (non-hydrogen) atoms. The maximum atomic E-state index is 12.6. The van der Waals surface area contributed by atoms with Crippen molar-refractivity contribution in [3.8, 4) is 0 Å². The average Bonchev–Trinajstić information content (AvgIpc) is 2.58. The van der Waals surface area contributed by atoms with Gasteiger partial charge in [0.25, 0.3) is 11.5 Å². The number of carbonyl (C=O) groups excluding carboxylic acids is 1. The highest BCUT2D eigenvalue weighted by atomic mass is 16.2. The molecule has 0 unspecified atom stereocenters. The van der Waals surface area contributed by atoms with E-state index in [4.69, 9.17) is 0 Å². The van der Waals surface area contributed by atoms with Gasteiger partial charge in [0.15, 0.2) is 0 Å². The second kappa shape index (κ2) is 5.23. The number of rotatable bonds is 1. The topological polar surface area (TPSA) is 74.0 Å². The Labute approximate surface area is 138 Å². The van der Waals surface area contributed by atoms with E-state index in [1.165, 1.54) is 0 Å². The molecule has 0 saturated heterocycles. The zero-order valence-corrected chi connectivity index (χ0v) is 13.4. The molecule has 0 aliphatic carbocycles. The predicted octanol–water partition coefficient (Wildman–Crippen LogP) is 3.00. The Hall–Kier alpha value is -3.08. The Balaban J connectivity index is 1.86. The zero-order chi connectivity index (χ0) is 16.8. The van der Waals surface area contributed by atoms with Crippen LogP contribution < -0.4 is 16.2 Å². The first-order valence-electron chi connectivity index (χ1n) is 7.84. The van der Waals surface area contributed by atoms with Gasteiger partial charge in [-0.3, -0.25) is 9.59 Å². The summed E-state index contributed by atoms with van der Waals surface area (Å²) < 4.78 is 0. The van der Waals surface area contributed by atoms with Crippen molar-refractivity contribution in [2.75, 3.05) is 5.32 Å². The van der Waals surface area contributed by atoms with Gasteiger partial charge in [0.2, 0.25) is 0 Å². The molecular formula is C19H17N3O2. The lowest BCUT2D eigenvalue weighted by Gasteiger charge is -2.27. The van der Waals surface area contributed by atoms with Crippen molar-refractivity contribution in [3.63, 3.8) is 0 Å². The van der Waals surface area contributed by atoms with Gasteiger partial charge in [-0.25, -0.2) is 0 Å². The molecule has 0 bridgehead atoms. The molecule has 0 saturated carbocycles. The van der Waals surface area contributed by atoms with Gasteiger partial charge >= 0.3 is 0 Å². The van der Waals surface area contributed by atoms with Crippen molar-refractivity contribution >= 4 is 22.5 Å². The number of hydrogen-bond acceptors (Lipinski definition) is 3. The molecule has 120 valence electrons. The summed E-state index contributed by atoms with van der Waals surface area (Å²) in [4.78, 5) is 27.8. The number of aromatic nitrogens is 1. The first kappa shape index (κ1) is 14.5. The highest BCUT2D eigenvalue weighted by Gasteiger charge is 2.26. The van der Waals surface area contributed by atoms with Crippen molar-refractivity contribution in [2.24, 2.45) is 0 Å². The first-order valence-corrected chi connectivity index (χ1v) is 7.84. The lowest BCUT2D eigenvalue weighted by Crippen LogP contribution is -2.41. The van der Waals surface area contributed by atoms with E-state index in [0.717, 1.165) is 27.7 Å². The molecule has 2 heterocycles. The van der Waals surface area contributed by atoms with Crippen LogP contribution in [-0.2, 0) is 0 Å². The summed E-state index contributed by atoms with van der Waals surface area (Å²) in [6.07, 6.45) is -0.555. The minimum Gasteiger partial charge on any atom is -0.361 e. The fraction of sp³-hybridized carbons (Fsp3) is 0.158. The van der Waals surface area contributed by atoms with Gasteiger partial charge in [-0.15, -0.1) is 0 Å². The molecule has 1 aromatic heterocycles. The van der Waals surface area contributed by atoms with Crippen LogP contribution in [0.25, 0.3) is 10.9 Å². The molecule has 1 atom stereocenters. The van der Waals surface area contributed by atoms with Crippen molar-refractivity contribution in [2.45, 2.75) is 20.0 Å². The van der Waals surface area contributed by atoms with Crippen molar-refractivity contribution < 1.29 is 4.79 Å². The Morgan fingerprint density at radius 3 is 2.50 bits per heavy atom. The number of amides is 1. The third-order valence-corrected chi connectivity index (χ3v) is 4.53. The number of hydrogen-bond donors (Lipinski definition) is 3. The smallest absolute Gasteiger partial charge is 0.255 e. The summed E-state index contributed by atoms with van der Waals surface area (Å²) in [5.74, 6) is -0.185. The number of carbonyl (C=O) groups is 1. The van der Waals surface area contributed by atoms with E-state index in [9.17, 15) is 9.59 Å². The van der Waals surface area contributed by atoms with E-state index in [0.29, 0.717) is 11.1 Å². The Kier molecular flexibility index (Phi) is 3.16. The van der Waals surface area contributed by atoms with Gasteiger partial charge in [0.05, 0.1) is 16.6 Å². The largest absolute Gasteiger partial charge is 0.361 e. The summed E-state index contributed by atoms with van der Waals surface area (Å²) in [5.41, 5.74) is 4.55. The normalized spacial score (nSPS) is 16.4. The second-order valence-corrected chi connectivity index (χ2v) is 6.14. The Morgan fingerprint density at radius 2 is 1.67 bits per heavy atom. The third kappa shape index (κ3) is 2.17. The summed E-state index contributed by atoms with van der Waals surface area (Å²) in [5, 5.41) is 7.08. The van der Waals surface area contributed by atoms with Crippen LogP contribution in [0.2, 0.25) is 0 Å². The minimum absolute atomic E-state index is 0.185. The standard InChI is InChI=1S/C19H17N3O2/c1-10-7-8-11(2)16-13(10)9-14(19(24)21-16)17-20-15-6-4-3-5-12(15)18(23)22-17/h3-9,17,20H,1-2H3,(H,21,24)(H,22,23)/t17-/m0/s1. The van der Waals surface area contributed by atoms with E-state index in [1.54, 1.807) is 6.07 Å². The molecule has 0 spiro atoms. The molecule has 1 aliphatic heterocycles. The number of aromatic amines is 1.